The molecule has 1 amide bonds. The number of carboxylic acid groups (broad SMARTS) is 1. The maximum atomic E-state index is 12.2. The Morgan fingerprint density at radius 2 is 1.81 bits per heavy atom. The van der Waals surface area contributed by atoms with Crippen molar-refractivity contribution in [3.63, 3.8) is 0 Å². The van der Waals surface area contributed by atoms with E-state index in [1.54, 1.807) is 13.8 Å². The fourth-order valence-electron chi connectivity index (χ4n) is 2.19. The molecule has 16 heavy (non-hydrogen) atoms. The second-order valence-corrected chi connectivity index (χ2v) is 5.32. The minimum absolute atomic E-state index is 0.0302. The van der Waals surface area contributed by atoms with Crippen molar-refractivity contribution in [1.82, 2.24) is 4.90 Å². The fraction of sp³-hybridized carbons (Fsp3) is 0.833. The van der Waals surface area contributed by atoms with Gasteiger partial charge < -0.3 is 10.0 Å². The maximum Gasteiger partial charge on any atom is 0.307 e. The topological polar surface area (TPSA) is 57.6 Å². The van der Waals surface area contributed by atoms with Crippen LogP contribution in [0.1, 0.15) is 40.5 Å². The molecule has 1 heterocycles. The second-order valence-electron chi connectivity index (χ2n) is 5.32. The van der Waals surface area contributed by atoms with Crippen molar-refractivity contribution in [2.24, 2.45) is 11.8 Å². The summed E-state index contributed by atoms with van der Waals surface area (Å²) in [7, 11) is 0. The third-order valence-corrected chi connectivity index (χ3v) is 3.70. The van der Waals surface area contributed by atoms with E-state index in [0.717, 1.165) is 19.4 Å². The van der Waals surface area contributed by atoms with Crippen molar-refractivity contribution in [1.29, 1.82) is 0 Å². The highest BCUT2D eigenvalue weighted by molar-refractivity contribution is 5.84. The summed E-state index contributed by atoms with van der Waals surface area (Å²) >= 11 is 0. The lowest BCUT2D eigenvalue weighted by molar-refractivity contribution is -0.150. The SMILES string of the molecule is CC(C(=O)O)C(C)C(=O)N1CCCC1(C)C. The number of aliphatic carboxylic acids is 1. The van der Waals surface area contributed by atoms with Crippen molar-refractivity contribution in [2.75, 3.05) is 6.54 Å². The highest BCUT2D eigenvalue weighted by Crippen LogP contribution is 2.30. The Morgan fingerprint density at radius 1 is 1.25 bits per heavy atom. The van der Waals surface area contributed by atoms with Gasteiger partial charge in [-0.05, 0) is 26.7 Å². The first-order valence-corrected chi connectivity index (χ1v) is 5.81. The largest absolute Gasteiger partial charge is 0.481 e. The van der Waals surface area contributed by atoms with Crippen LogP contribution in [0, 0.1) is 11.8 Å². The summed E-state index contributed by atoms with van der Waals surface area (Å²) in [5.74, 6) is -2.01. The second kappa shape index (κ2) is 4.44. The Morgan fingerprint density at radius 3 is 2.19 bits per heavy atom. The van der Waals surface area contributed by atoms with Crippen molar-refractivity contribution in [2.45, 2.75) is 46.1 Å². The van der Waals surface area contributed by atoms with Crippen LogP contribution in [0.3, 0.4) is 0 Å². The van der Waals surface area contributed by atoms with Crippen LogP contribution in [0.2, 0.25) is 0 Å². The predicted molar refractivity (Wildman–Crippen MR) is 61.0 cm³/mol. The van der Waals surface area contributed by atoms with E-state index in [1.165, 1.54) is 0 Å². The Labute approximate surface area is 96.6 Å². The predicted octanol–water partition coefficient (Wildman–Crippen LogP) is 1.74. The number of nitrogens with zero attached hydrogens (tertiary/aromatic N) is 1. The van der Waals surface area contributed by atoms with Gasteiger partial charge in [0.1, 0.15) is 0 Å². The van der Waals surface area contributed by atoms with Crippen LogP contribution >= 0.6 is 0 Å². The molecular weight excluding hydrogens is 206 g/mol. The lowest BCUT2D eigenvalue weighted by Crippen LogP contribution is -2.47. The number of carbonyl (C=O) groups excluding carboxylic acids is 1. The molecule has 0 saturated carbocycles. The quantitative estimate of drug-likeness (QED) is 0.799. The molecule has 92 valence electrons. The van der Waals surface area contributed by atoms with Gasteiger partial charge in [0, 0.05) is 18.0 Å². The van der Waals surface area contributed by atoms with Gasteiger partial charge in [0.25, 0.3) is 0 Å². The van der Waals surface area contributed by atoms with Gasteiger partial charge in [0.15, 0.2) is 0 Å². The van der Waals surface area contributed by atoms with Crippen molar-refractivity contribution in [3.05, 3.63) is 0 Å². The number of amides is 1. The minimum atomic E-state index is -0.905. The van der Waals surface area contributed by atoms with Crippen LogP contribution in [-0.4, -0.2) is 34.0 Å². The first-order valence-electron chi connectivity index (χ1n) is 5.81. The number of rotatable bonds is 3. The highest BCUT2D eigenvalue weighted by Gasteiger charge is 2.39. The van der Waals surface area contributed by atoms with Crippen molar-refractivity contribution in [3.8, 4) is 0 Å². The molecule has 0 aromatic heterocycles. The van der Waals surface area contributed by atoms with E-state index in [0.29, 0.717) is 0 Å². The standard InChI is InChI=1S/C12H21NO3/c1-8(9(2)11(15)16)10(14)13-7-5-6-12(13,3)4/h8-9H,5-7H2,1-4H3,(H,15,16). The Balaban J connectivity index is 2.74. The molecule has 1 N–H and O–H groups in total. The lowest BCUT2D eigenvalue weighted by atomic mass is 9.93. The molecule has 0 radical (unpaired) electrons. The van der Waals surface area contributed by atoms with E-state index in [-0.39, 0.29) is 11.4 Å². The minimum Gasteiger partial charge on any atom is -0.481 e. The molecule has 0 spiro atoms. The maximum absolute atomic E-state index is 12.2. The molecular formula is C12H21NO3. The van der Waals surface area contributed by atoms with E-state index >= 15 is 0 Å². The molecule has 1 fully saturated rings. The van der Waals surface area contributed by atoms with Crippen LogP contribution in [0.25, 0.3) is 0 Å². The van der Waals surface area contributed by atoms with Crippen molar-refractivity contribution >= 4 is 11.9 Å². The van der Waals surface area contributed by atoms with Gasteiger partial charge in [0.2, 0.25) is 5.91 Å². The third kappa shape index (κ3) is 2.36. The number of likely N-dealkylation sites (tertiary alicyclic amines) is 1. The molecule has 0 bridgehead atoms. The number of hydrogen-bond donors (Lipinski definition) is 1. The fourth-order valence-corrected chi connectivity index (χ4v) is 2.19. The summed E-state index contributed by atoms with van der Waals surface area (Å²) in [6, 6.07) is 0. The van der Waals surface area contributed by atoms with E-state index in [4.69, 9.17) is 5.11 Å². The van der Waals surface area contributed by atoms with E-state index in [1.807, 2.05) is 18.7 Å². The average Bonchev–Trinajstić information content (AvgIpc) is 2.54. The van der Waals surface area contributed by atoms with Gasteiger partial charge in [0.05, 0.1) is 5.92 Å². The number of carboxylic acids is 1. The molecule has 1 saturated heterocycles. The molecule has 0 aromatic carbocycles. The molecule has 2 atom stereocenters. The first-order chi connectivity index (χ1) is 7.27. The Bertz CT molecular complexity index is 299. The van der Waals surface area contributed by atoms with Crippen LogP contribution < -0.4 is 0 Å². The van der Waals surface area contributed by atoms with Gasteiger partial charge in [-0.15, -0.1) is 0 Å². The Kier molecular flexibility index (Phi) is 3.61. The third-order valence-electron chi connectivity index (χ3n) is 3.70. The molecule has 1 rings (SSSR count). The summed E-state index contributed by atoms with van der Waals surface area (Å²) in [6.45, 7) is 8.12. The monoisotopic (exact) mass is 227 g/mol. The molecule has 4 heteroatoms. The van der Waals surface area contributed by atoms with Crippen LogP contribution in [-0.2, 0) is 9.59 Å². The zero-order chi connectivity index (χ0) is 12.5. The zero-order valence-corrected chi connectivity index (χ0v) is 10.5. The summed E-state index contributed by atoms with van der Waals surface area (Å²) in [6.07, 6.45) is 2.00. The Hall–Kier alpha value is -1.06. The molecule has 4 nitrogen and oxygen atoms in total. The lowest BCUT2D eigenvalue weighted by Gasteiger charge is -2.34. The van der Waals surface area contributed by atoms with E-state index in [9.17, 15) is 9.59 Å². The highest BCUT2D eigenvalue weighted by atomic mass is 16.4. The molecule has 1 aliphatic rings. The summed E-state index contributed by atoms with van der Waals surface area (Å²) < 4.78 is 0. The summed E-state index contributed by atoms with van der Waals surface area (Å²) in [4.78, 5) is 24.9. The van der Waals surface area contributed by atoms with Crippen molar-refractivity contribution < 1.29 is 14.7 Å². The molecule has 0 aromatic rings. The number of carbonyl (C=O) groups is 2. The summed E-state index contributed by atoms with van der Waals surface area (Å²) in [5.41, 5.74) is -0.121. The van der Waals surface area contributed by atoms with E-state index < -0.39 is 17.8 Å². The number of hydrogen-bond acceptors (Lipinski definition) is 2. The van der Waals surface area contributed by atoms with Gasteiger partial charge >= 0.3 is 5.97 Å². The van der Waals surface area contributed by atoms with E-state index in [2.05, 4.69) is 0 Å². The molecule has 2 unspecified atom stereocenters. The zero-order valence-electron chi connectivity index (χ0n) is 10.5. The van der Waals surface area contributed by atoms with Crippen LogP contribution in [0.5, 0.6) is 0 Å². The summed E-state index contributed by atoms with van der Waals surface area (Å²) in [5, 5.41) is 8.90. The van der Waals surface area contributed by atoms with Gasteiger partial charge in [-0.2, -0.15) is 0 Å². The van der Waals surface area contributed by atoms with Gasteiger partial charge in [-0.25, -0.2) is 0 Å². The smallest absolute Gasteiger partial charge is 0.307 e. The average molecular weight is 227 g/mol. The van der Waals surface area contributed by atoms with Crippen LogP contribution in [0.4, 0.5) is 0 Å². The van der Waals surface area contributed by atoms with Gasteiger partial charge in [-0.3, -0.25) is 9.59 Å². The first kappa shape index (κ1) is 13.0. The molecule has 0 aliphatic carbocycles. The normalized spacial score (nSPS) is 22.9. The van der Waals surface area contributed by atoms with Gasteiger partial charge in [-0.1, -0.05) is 13.8 Å². The molecule has 1 aliphatic heterocycles. The van der Waals surface area contributed by atoms with Crippen LogP contribution in [0.15, 0.2) is 0 Å².